The summed E-state index contributed by atoms with van der Waals surface area (Å²) in [6.07, 6.45) is 0. The molecule has 2 unspecified atom stereocenters. The van der Waals surface area contributed by atoms with E-state index >= 15 is 0 Å². The number of carboxylic acids is 1. The Bertz CT molecular complexity index is 556. The molecule has 0 heterocycles. The van der Waals surface area contributed by atoms with E-state index < -0.39 is 23.2 Å². The van der Waals surface area contributed by atoms with Crippen LogP contribution in [0.5, 0.6) is 0 Å². The second-order valence-electron chi connectivity index (χ2n) is 5.90. The Balaban J connectivity index is 2.08. The van der Waals surface area contributed by atoms with Crippen LogP contribution >= 0.6 is 15.9 Å². The van der Waals surface area contributed by atoms with Crippen LogP contribution in [0.25, 0.3) is 0 Å². The van der Waals surface area contributed by atoms with Crippen LogP contribution in [0.4, 0.5) is 0 Å². The van der Waals surface area contributed by atoms with E-state index in [1.807, 2.05) is 38.1 Å². The lowest BCUT2D eigenvalue weighted by atomic mass is 10.1. The lowest BCUT2D eigenvalue weighted by molar-refractivity contribution is -0.141. The lowest BCUT2D eigenvalue weighted by Gasteiger charge is -2.19. The predicted molar refractivity (Wildman–Crippen MR) is 79.0 cm³/mol. The van der Waals surface area contributed by atoms with Gasteiger partial charge < -0.3 is 10.0 Å². The van der Waals surface area contributed by atoms with Gasteiger partial charge in [0, 0.05) is 18.1 Å². The summed E-state index contributed by atoms with van der Waals surface area (Å²) in [7, 11) is 1.72. The Hall–Kier alpha value is -1.36. The smallest absolute Gasteiger partial charge is 0.307 e. The summed E-state index contributed by atoms with van der Waals surface area (Å²) in [5.41, 5.74) is 0.555. The number of hydrogen-bond acceptors (Lipinski definition) is 2. The maximum Gasteiger partial charge on any atom is 0.307 e. The summed E-state index contributed by atoms with van der Waals surface area (Å²) in [5.74, 6) is -1.98. The van der Waals surface area contributed by atoms with E-state index in [1.165, 1.54) is 0 Å². The van der Waals surface area contributed by atoms with Crippen LogP contribution in [0.2, 0.25) is 0 Å². The van der Waals surface area contributed by atoms with E-state index in [0.29, 0.717) is 6.54 Å². The third-order valence-corrected chi connectivity index (χ3v) is 4.87. The first-order chi connectivity index (χ1) is 9.26. The number of amides is 1. The monoisotopic (exact) mass is 339 g/mol. The number of halogens is 1. The van der Waals surface area contributed by atoms with Gasteiger partial charge in [0.25, 0.3) is 0 Å². The van der Waals surface area contributed by atoms with Gasteiger partial charge in [0.2, 0.25) is 5.91 Å². The topological polar surface area (TPSA) is 57.6 Å². The molecule has 0 radical (unpaired) electrons. The van der Waals surface area contributed by atoms with Crippen LogP contribution in [-0.2, 0) is 16.1 Å². The highest BCUT2D eigenvalue weighted by Gasteiger charge is 2.66. The molecular formula is C15H18BrNO3. The SMILES string of the molecule is CN(Cc1ccccc1Br)C(=O)C1C(C(=O)O)C1(C)C. The van der Waals surface area contributed by atoms with Crippen molar-refractivity contribution in [1.82, 2.24) is 4.90 Å². The van der Waals surface area contributed by atoms with Crippen LogP contribution in [-0.4, -0.2) is 28.9 Å². The van der Waals surface area contributed by atoms with Crippen LogP contribution in [0.3, 0.4) is 0 Å². The number of hydrogen-bond donors (Lipinski definition) is 1. The van der Waals surface area contributed by atoms with Gasteiger partial charge in [0.1, 0.15) is 0 Å². The molecule has 1 N–H and O–H groups in total. The normalized spacial score (nSPS) is 23.2. The van der Waals surface area contributed by atoms with E-state index in [4.69, 9.17) is 5.11 Å². The van der Waals surface area contributed by atoms with Crippen molar-refractivity contribution >= 4 is 27.8 Å². The maximum absolute atomic E-state index is 12.4. The number of carbonyl (C=O) groups excluding carboxylic acids is 1. The fourth-order valence-corrected chi connectivity index (χ4v) is 3.17. The first kappa shape index (κ1) is 15.0. The molecule has 2 rings (SSSR count). The summed E-state index contributed by atoms with van der Waals surface area (Å²) in [5, 5.41) is 9.15. The molecule has 1 amide bonds. The largest absolute Gasteiger partial charge is 0.481 e. The Morgan fingerprint density at radius 2 is 1.90 bits per heavy atom. The summed E-state index contributed by atoms with van der Waals surface area (Å²) in [4.78, 5) is 25.2. The number of benzene rings is 1. The van der Waals surface area contributed by atoms with Gasteiger partial charge in [0.15, 0.2) is 0 Å². The third kappa shape index (κ3) is 2.59. The Morgan fingerprint density at radius 1 is 1.30 bits per heavy atom. The molecule has 1 aliphatic carbocycles. The van der Waals surface area contributed by atoms with Crippen LogP contribution in [0, 0.1) is 17.3 Å². The molecule has 1 fully saturated rings. The van der Waals surface area contributed by atoms with Gasteiger partial charge in [-0.1, -0.05) is 48.0 Å². The highest BCUT2D eigenvalue weighted by Crippen LogP contribution is 2.59. The van der Waals surface area contributed by atoms with E-state index in [-0.39, 0.29) is 5.91 Å². The third-order valence-electron chi connectivity index (χ3n) is 4.10. The van der Waals surface area contributed by atoms with Gasteiger partial charge in [-0.2, -0.15) is 0 Å². The fraction of sp³-hybridized carbons (Fsp3) is 0.467. The molecule has 1 saturated carbocycles. The van der Waals surface area contributed by atoms with Crippen molar-refractivity contribution in [2.75, 3.05) is 7.05 Å². The Labute approximate surface area is 126 Å². The van der Waals surface area contributed by atoms with E-state index in [1.54, 1.807) is 11.9 Å². The van der Waals surface area contributed by atoms with Gasteiger partial charge in [-0.05, 0) is 17.0 Å². The van der Waals surface area contributed by atoms with Gasteiger partial charge >= 0.3 is 5.97 Å². The summed E-state index contributed by atoms with van der Waals surface area (Å²) < 4.78 is 0.949. The van der Waals surface area contributed by atoms with E-state index in [0.717, 1.165) is 10.0 Å². The van der Waals surface area contributed by atoms with Gasteiger partial charge in [-0.3, -0.25) is 9.59 Å². The molecular weight excluding hydrogens is 322 g/mol. The van der Waals surface area contributed by atoms with Crippen LogP contribution < -0.4 is 0 Å². The van der Waals surface area contributed by atoms with Crippen molar-refractivity contribution in [1.29, 1.82) is 0 Å². The van der Waals surface area contributed by atoms with Gasteiger partial charge in [0.05, 0.1) is 11.8 Å². The number of carboxylic acid groups (broad SMARTS) is 1. The molecule has 0 saturated heterocycles. The van der Waals surface area contributed by atoms with Crippen molar-refractivity contribution < 1.29 is 14.7 Å². The summed E-state index contributed by atoms with van der Waals surface area (Å²) in [6, 6.07) is 7.70. The molecule has 4 nitrogen and oxygen atoms in total. The average molecular weight is 340 g/mol. The second kappa shape index (κ2) is 5.20. The molecule has 20 heavy (non-hydrogen) atoms. The highest BCUT2D eigenvalue weighted by molar-refractivity contribution is 9.10. The van der Waals surface area contributed by atoms with E-state index in [2.05, 4.69) is 15.9 Å². The molecule has 0 bridgehead atoms. The molecule has 2 atom stereocenters. The number of nitrogens with zero attached hydrogens (tertiary/aromatic N) is 1. The van der Waals surface area contributed by atoms with Crippen molar-refractivity contribution in [3.8, 4) is 0 Å². The first-order valence-corrected chi connectivity index (χ1v) is 7.27. The molecule has 5 heteroatoms. The Morgan fingerprint density at radius 3 is 2.40 bits per heavy atom. The molecule has 0 aliphatic heterocycles. The lowest BCUT2D eigenvalue weighted by Crippen LogP contribution is -2.29. The Kier molecular flexibility index (Phi) is 3.91. The average Bonchev–Trinajstić information content (AvgIpc) is 2.94. The zero-order valence-electron chi connectivity index (χ0n) is 11.8. The molecule has 0 spiro atoms. The summed E-state index contributed by atoms with van der Waals surface area (Å²) >= 11 is 3.45. The van der Waals surface area contributed by atoms with Crippen LogP contribution in [0.15, 0.2) is 28.7 Å². The maximum atomic E-state index is 12.4. The molecule has 1 aromatic rings. The van der Waals surface area contributed by atoms with E-state index in [9.17, 15) is 9.59 Å². The number of carbonyl (C=O) groups is 2. The quantitative estimate of drug-likeness (QED) is 0.917. The van der Waals surface area contributed by atoms with Gasteiger partial charge in [-0.25, -0.2) is 0 Å². The van der Waals surface area contributed by atoms with Crippen LogP contribution in [0.1, 0.15) is 19.4 Å². The number of aliphatic carboxylic acids is 1. The van der Waals surface area contributed by atoms with Crippen molar-refractivity contribution in [3.63, 3.8) is 0 Å². The minimum Gasteiger partial charge on any atom is -0.481 e. The first-order valence-electron chi connectivity index (χ1n) is 6.48. The standard InChI is InChI=1S/C15H18BrNO3/c1-15(2)11(12(15)14(19)20)13(18)17(3)8-9-6-4-5-7-10(9)16/h4-7,11-12H,8H2,1-3H3,(H,19,20). The molecule has 0 aromatic heterocycles. The molecule has 108 valence electrons. The number of rotatable bonds is 4. The highest BCUT2D eigenvalue weighted by atomic mass is 79.9. The van der Waals surface area contributed by atoms with Crippen molar-refractivity contribution in [2.45, 2.75) is 20.4 Å². The zero-order valence-corrected chi connectivity index (χ0v) is 13.3. The zero-order chi connectivity index (χ0) is 15.1. The minimum atomic E-state index is -0.886. The molecule has 1 aliphatic rings. The fourth-order valence-electron chi connectivity index (χ4n) is 2.76. The molecule has 1 aromatic carbocycles. The van der Waals surface area contributed by atoms with Gasteiger partial charge in [-0.15, -0.1) is 0 Å². The summed E-state index contributed by atoms with van der Waals surface area (Å²) in [6.45, 7) is 4.14. The van der Waals surface area contributed by atoms with Crippen molar-refractivity contribution in [3.05, 3.63) is 34.3 Å². The van der Waals surface area contributed by atoms with Crippen molar-refractivity contribution in [2.24, 2.45) is 17.3 Å². The predicted octanol–water partition coefficient (Wildman–Crippen LogP) is 2.76. The second-order valence-corrected chi connectivity index (χ2v) is 6.75. The minimum absolute atomic E-state index is 0.0989.